The molecule has 0 bridgehead atoms. The van der Waals surface area contributed by atoms with E-state index in [1.54, 1.807) is 7.11 Å². The van der Waals surface area contributed by atoms with Gasteiger partial charge in [-0.2, -0.15) is 0 Å². The standard InChI is InChI=1S/C17H21NO3S/c1-11(2)9-21-16(19)10-22-15-8-12(3)13-6-5-7-14(20-4)17(13)18-15/h5-8,11H,9-10H2,1-4H3. The van der Waals surface area contributed by atoms with Crippen LogP contribution in [0, 0.1) is 12.8 Å². The lowest BCUT2D eigenvalue weighted by atomic mass is 10.1. The van der Waals surface area contributed by atoms with Crippen molar-refractivity contribution in [3.63, 3.8) is 0 Å². The number of aromatic nitrogens is 1. The number of benzene rings is 1. The first-order valence-corrected chi connectivity index (χ1v) is 8.22. The number of nitrogens with zero attached hydrogens (tertiary/aromatic N) is 1. The lowest BCUT2D eigenvalue weighted by Crippen LogP contribution is -2.11. The Bertz CT molecular complexity index is 670. The van der Waals surface area contributed by atoms with Gasteiger partial charge in [0, 0.05) is 5.39 Å². The molecule has 0 aliphatic rings. The second-order valence-electron chi connectivity index (χ2n) is 5.50. The van der Waals surface area contributed by atoms with Gasteiger partial charge in [0.25, 0.3) is 0 Å². The third kappa shape index (κ3) is 4.13. The van der Waals surface area contributed by atoms with Crippen LogP contribution < -0.4 is 4.74 Å². The van der Waals surface area contributed by atoms with E-state index in [1.807, 2.05) is 45.0 Å². The molecule has 0 radical (unpaired) electrons. The highest BCUT2D eigenvalue weighted by Gasteiger charge is 2.10. The first-order valence-electron chi connectivity index (χ1n) is 7.24. The first-order chi connectivity index (χ1) is 10.5. The van der Waals surface area contributed by atoms with E-state index in [0.29, 0.717) is 12.5 Å². The highest BCUT2D eigenvalue weighted by molar-refractivity contribution is 7.99. The average molecular weight is 319 g/mol. The van der Waals surface area contributed by atoms with E-state index in [9.17, 15) is 4.79 Å². The minimum atomic E-state index is -0.210. The van der Waals surface area contributed by atoms with Crippen molar-refractivity contribution >= 4 is 28.6 Å². The normalized spacial score (nSPS) is 11.0. The van der Waals surface area contributed by atoms with Gasteiger partial charge in [-0.05, 0) is 30.5 Å². The van der Waals surface area contributed by atoms with Crippen molar-refractivity contribution in [2.24, 2.45) is 5.92 Å². The number of carbonyl (C=O) groups excluding carboxylic acids is 1. The third-order valence-electron chi connectivity index (χ3n) is 3.12. The van der Waals surface area contributed by atoms with Crippen LogP contribution >= 0.6 is 11.8 Å². The molecule has 118 valence electrons. The van der Waals surface area contributed by atoms with E-state index < -0.39 is 0 Å². The van der Waals surface area contributed by atoms with Gasteiger partial charge in [-0.3, -0.25) is 4.79 Å². The van der Waals surface area contributed by atoms with E-state index in [-0.39, 0.29) is 11.7 Å². The zero-order chi connectivity index (χ0) is 16.1. The number of rotatable bonds is 6. The van der Waals surface area contributed by atoms with Crippen molar-refractivity contribution in [3.8, 4) is 5.75 Å². The quantitative estimate of drug-likeness (QED) is 0.598. The predicted octanol–water partition coefficient (Wildman–Crippen LogP) is 3.84. The fraction of sp³-hybridized carbons (Fsp3) is 0.412. The Kier molecular flexibility index (Phi) is 5.66. The van der Waals surface area contributed by atoms with Crippen LogP contribution in [0.5, 0.6) is 5.75 Å². The number of hydrogen-bond donors (Lipinski definition) is 0. The molecule has 1 heterocycles. The molecule has 2 rings (SSSR count). The van der Waals surface area contributed by atoms with Crippen molar-refractivity contribution in [2.75, 3.05) is 19.5 Å². The summed E-state index contributed by atoms with van der Waals surface area (Å²) in [6, 6.07) is 7.85. The maximum Gasteiger partial charge on any atom is 0.316 e. The van der Waals surface area contributed by atoms with Gasteiger partial charge >= 0.3 is 5.97 Å². The summed E-state index contributed by atoms with van der Waals surface area (Å²) in [7, 11) is 1.63. The summed E-state index contributed by atoms with van der Waals surface area (Å²) in [5.74, 6) is 1.14. The summed E-state index contributed by atoms with van der Waals surface area (Å²) in [5, 5.41) is 1.86. The molecule has 0 atom stereocenters. The van der Waals surface area contributed by atoms with Gasteiger partial charge < -0.3 is 9.47 Å². The van der Waals surface area contributed by atoms with Crippen LogP contribution in [-0.4, -0.2) is 30.4 Å². The average Bonchev–Trinajstić information content (AvgIpc) is 2.50. The topological polar surface area (TPSA) is 48.4 Å². The van der Waals surface area contributed by atoms with Gasteiger partial charge in [-0.15, -0.1) is 0 Å². The van der Waals surface area contributed by atoms with E-state index in [2.05, 4.69) is 4.98 Å². The molecule has 22 heavy (non-hydrogen) atoms. The van der Waals surface area contributed by atoms with Crippen molar-refractivity contribution in [1.82, 2.24) is 4.98 Å². The third-order valence-corrected chi connectivity index (χ3v) is 4.01. The molecule has 0 fully saturated rings. The SMILES string of the molecule is COc1cccc2c(C)cc(SCC(=O)OCC(C)C)nc12. The van der Waals surface area contributed by atoms with Crippen molar-refractivity contribution < 1.29 is 14.3 Å². The number of para-hydroxylation sites is 1. The van der Waals surface area contributed by atoms with E-state index in [0.717, 1.165) is 27.2 Å². The number of carbonyl (C=O) groups is 1. The first kappa shape index (κ1) is 16.6. The molecule has 4 nitrogen and oxygen atoms in total. The van der Waals surface area contributed by atoms with Crippen LogP contribution in [0.15, 0.2) is 29.3 Å². The highest BCUT2D eigenvalue weighted by Crippen LogP contribution is 2.29. The Morgan fingerprint density at radius 2 is 2.14 bits per heavy atom. The molecule has 0 aliphatic heterocycles. The summed E-state index contributed by atoms with van der Waals surface area (Å²) in [6.45, 7) is 6.52. The van der Waals surface area contributed by atoms with Gasteiger partial charge in [-0.1, -0.05) is 37.7 Å². The number of thioether (sulfide) groups is 1. The zero-order valence-corrected chi connectivity index (χ0v) is 14.2. The second kappa shape index (κ2) is 7.49. The fourth-order valence-corrected chi connectivity index (χ4v) is 2.80. The molecule has 0 saturated carbocycles. The Labute approximate surface area is 135 Å². The van der Waals surface area contributed by atoms with Gasteiger partial charge in [0.2, 0.25) is 0 Å². The molecule has 0 unspecified atom stereocenters. The largest absolute Gasteiger partial charge is 0.494 e. The maximum atomic E-state index is 11.7. The summed E-state index contributed by atoms with van der Waals surface area (Å²) < 4.78 is 10.5. The van der Waals surface area contributed by atoms with Crippen LogP contribution in [0.1, 0.15) is 19.4 Å². The van der Waals surface area contributed by atoms with Gasteiger partial charge in [0.15, 0.2) is 0 Å². The smallest absolute Gasteiger partial charge is 0.316 e. The summed E-state index contributed by atoms with van der Waals surface area (Å²) in [5.41, 5.74) is 1.94. The van der Waals surface area contributed by atoms with E-state index in [1.165, 1.54) is 11.8 Å². The maximum absolute atomic E-state index is 11.7. The summed E-state index contributed by atoms with van der Waals surface area (Å²) in [4.78, 5) is 16.3. The Hall–Kier alpha value is -1.75. The van der Waals surface area contributed by atoms with Crippen LogP contribution in [0.2, 0.25) is 0 Å². The molecule has 0 saturated heterocycles. The molecular weight excluding hydrogens is 298 g/mol. The minimum Gasteiger partial charge on any atom is -0.494 e. The molecule has 0 aliphatic carbocycles. The van der Waals surface area contributed by atoms with E-state index >= 15 is 0 Å². The van der Waals surface area contributed by atoms with Crippen LogP contribution in [0.4, 0.5) is 0 Å². The highest BCUT2D eigenvalue weighted by atomic mass is 32.2. The van der Waals surface area contributed by atoms with Crippen molar-refractivity contribution in [3.05, 3.63) is 29.8 Å². The Morgan fingerprint density at radius 3 is 2.82 bits per heavy atom. The fourth-order valence-electron chi connectivity index (χ4n) is 2.03. The van der Waals surface area contributed by atoms with Gasteiger partial charge in [-0.25, -0.2) is 4.98 Å². The number of aryl methyl sites for hydroxylation is 1. The lowest BCUT2D eigenvalue weighted by molar-refractivity contribution is -0.141. The van der Waals surface area contributed by atoms with E-state index in [4.69, 9.17) is 9.47 Å². The number of hydrogen-bond acceptors (Lipinski definition) is 5. The van der Waals surface area contributed by atoms with Crippen molar-refractivity contribution in [1.29, 1.82) is 0 Å². The molecule has 0 N–H and O–H groups in total. The summed E-state index contributed by atoms with van der Waals surface area (Å²) >= 11 is 1.39. The minimum absolute atomic E-state index is 0.210. The van der Waals surface area contributed by atoms with Gasteiger partial charge in [0.1, 0.15) is 11.3 Å². The molecule has 2 aromatic rings. The van der Waals surface area contributed by atoms with Crippen molar-refractivity contribution in [2.45, 2.75) is 25.8 Å². The monoisotopic (exact) mass is 319 g/mol. The zero-order valence-electron chi connectivity index (χ0n) is 13.4. The second-order valence-corrected chi connectivity index (χ2v) is 6.49. The van der Waals surface area contributed by atoms with Gasteiger partial charge in [0.05, 0.1) is 24.5 Å². The van der Waals surface area contributed by atoms with Crippen LogP contribution in [-0.2, 0) is 9.53 Å². The molecule has 0 spiro atoms. The van der Waals surface area contributed by atoms with Crippen LogP contribution in [0.3, 0.4) is 0 Å². The Morgan fingerprint density at radius 1 is 1.36 bits per heavy atom. The summed E-state index contributed by atoms with van der Waals surface area (Å²) in [6.07, 6.45) is 0. The predicted molar refractivity (Wildman–Crippen MR) is 89.6 cm³/mol. The number of fused-ring (bicyclic) bond motifs is 1. The number of methoxy groups -OCH3 is 1. The molecule has 1 aromatic heterocycles. The Balaban J connectivity index is 2.13. The molecular formula is C17H21NO3S. The molecule has 0 amide bonds. The number of ether oxygens (including phenoxy) is 2. The number of pyridine rings is 1. The van der Waals surface area contributed by atoms with Crippen LogP contribution in [0.25, 0.3) is 10.9 Å². The molecule has 5 heteroatoms. The number of esters is 1. The lowest BCUT2D eigenvalue weighted by Gasteiger charge is -2.10. The molecule has 1 aromatic carbocycles.